The maximum Gasteiger partial charge on any atom is 0.0506 e. The number of nitrogens with zero attached hydrogens (tertiary/aromatic N) is 1. The fourth-order valence-corrected chi connectivity index (χ4v) is 0.920. The first kappa shape index (κ1) is 9.33. The van der Waals surface area contributed by atoms with Gasteiger partial charge in [0.15, 0.2) is 0 Å². The van der Waals surface area contributed by atoms with E-state index in [0.29, 0.717) is 0 Å². The summed E-state index contributed by atoms with van der Waals surface area (Å²) in [7, 11) is 0. The molecule has 1 aromatic heterocycles. The van der Waals surface area contributed by atoms with Gasteiger partial charge >= 0.3 is 0 Å². The third-order valence-corrected chi connectivity index (χ3v) is 2.11. The molecule has 1 heterocycles. The van der Waals surface area contributed by atoms with Crippen LogP contribution in [0.15, 0.2) is 24.5 Å². The van der Waals surface area contributed by atoms with Crippen molar-refractivity contribution in [2.24, 2.45) is 0 Å². The van der Waals surface area contributed by atoms with Crippen LogP contribution in [-0.2, 0) is 0 Å². The Morgan fingerprint density at radius 1 is 1.50 bits per heavy atom. The lowest BCUT2D eigenvalue weighted by atomic mass is 10.3. The zero-order valence-corrected chi connectivity index (χ0v) is 7.88. The number of nitrogens with one attached hydrogen (secondary N) is 1. The summed E-state index contributed by atoms with van der Waals surface area (Å²) in [4.78, 5) is 3.92. The lowest BCUT2D eigenvalue weighted by Gasteiger charge is -2.08. The van der Waals surface area contributed by atoms with Gasteiger partial charge in [-0.1, -0.05) is 6.92 Å². The molecule has 2 nitrogen and oxygen atoms in total. The van der Waals surface area contributed by atoms with Crippen molar-refractivity contribution in [3.05, 3.63) is 24.5 Å². The molecule has 1 rings (SSSR count). The first-order valence-electron chi connectivity index (χ1n) is 4.11. The Labute approximate surface area is 78.0 Å². The van der Waals surface area contributed by atoms with Crippen LogP contribution in [0.1, 0.15) is 13.3 Å². The molecule has 1 aromatic rings. The van der Waals surface area contributed by atoms with Crippen LogP contribution >= 0.6 is 11.6 Å². The molecular formula is C9H13ClN2. The molecule has 0 aliphatic rings. The highest BCUT2D eigenvalue weighted by molar-refractivity contribution is 6.20. The van der Waals surface area contributed by atoms with E-state index in [4.69, 9.17) is 11.6 Å². The highest BCUT2D eigenvalue weighted by Gasteiger charge is 1.99. The Bertz CT molecular complexity index is 213. The number of anilines is 1. The van der Waals surface area contributed by atoms with E-state index in [1.54, 1.807) is 12.4 Å². The van der Waals surface area contributed by atoms with E-state index in [-0.39, 0.29) is 5.38 Å². The lowest BCUT2D eigenvalue weighted by molar-refractivity contribution is 0.844. The molecule has 0 aliphatic carbocycles. The summed E-state index contributed by atoms with van der Waals surface area (Å²) in [6, 6.07) is 3.86. The Hall–Kier alpha value is -0.760. The summed E-state index contributed by atoms with van der Waals surface area (Å²) in [5.74, 6) is 0. The van der Waals surface area contributed by atoms with Gasteiger partial charge < -0.3 is 5.32 Å². The Morgan fingerprint density at radius 3 is 2.75 bits per heavy atom. The topological polar surface area (TPSA) is 24.9 Å². The zero-order chi connectivity index (χ0) is 8.81. The molecule has 0 aromatic carbocycles. The van der Waals surface area contributed by atoms with Crippen LogP contribution in [0.5, 0.6) is 0 Å². The predicted molar refractivity (Wildman–Crippen MR) is 52.7 cm³/mol. The number of hydrogen-bond acceptors (Lipinski definition) is 2. The SMILES string of the molecule is CCC(Cl)CNc1ccncc1. The summed E-state index contributed by atoms with van der Waals surface area (Å²) in [6.45, 7) is 2.88. The van der Waals surface area contributed by atoms with Crippen LogP contribution in [0.2, 0.25) is 0 Å². The normalized spacial score (nSPS) is 12.5. The van der Waals surface area contributed by atoms with Crippen molar-refractivity contribution in [3.63, 3.8) is 0 Å². The van der Waals surface area contributed by atoms with Gasteiger partial charge in [0.1, 0.15) is 0 Å². The molecular weight excluding hydrogens is 172 g/mol. The van der Waals surface area contributed by atoms with Crippen LogP contribution in [0.3, 0.4) is 0 Å². The van der Waals surface area contributed by atoms with Gasteiger partial charge in [-0.05, 0) is 18.6 Å². The Balaban J connectivity index is 2.33. The van der Waals surface area contributed by atoms with E-state index in [1.807, 2.05) is 12.1 Å². The van der Waals surface area contributed by atoms with E-state index in [2.05, 4.69) is 17.2 Å². The standard InChI is InChI=1S/C9H13ClN2/c1-2-8(10)7-12-9-3-5-11-6-4-9/h3-6,8H,2,7H2,1H3,(H,11,12). The quantitative estimate of drug-likeness (QED) is 0.728. The molecule has 1 unspecified atom stereocenters. The van der Waals surface area contributed by atoms with E-state index in [9.17, 15) is 0 Å². The fraction of sp³-hybridized carbons (Fsp3) is 0.444. The largest absolute Gasteiger partial charge is 0.383 e. The summed E-state index contributed by atoms with van der Waals surface area (Å²) < 4.78 is 0. The lowest BCUT2D eigenvalue weighted by Crippen LogP contribution is -2.12. The second-order valence-corrected chi connectivity index (χ2v) is 3.24. The van der Waals surface area contributed by atoms with Crippen LogP contribution in [-0.4, -0.2) is 16.9 Å². The van der Waals surface area contributed by atoms with Crippen LogP contribution in [0, 0.1) is 0 Å². The first-order valence-corrected chi connectivity index (χ1v) is 4.54. The van der Waals surface area contributed by atoms with Crippen molar-refractivity contribution in [1.82, 2.24) is 4.98 Å². The van der Waals surface area contributed by atoms with Crippen molar-refractivity contribution in [1.29, 1.82) is 0 Å². The molecule has 0 amide bonds. The van der Waals surface area contributed by atoms with Crippen molar-refractivity contribution >= 4 is 17.3 Å². The van der Waals surface area contributed by atoms with Crippen LogP contribution in [0.4, 0.5) is 5.69 Å². The highest BCUT2D eigenvalue weighted by Crippen LogP contribution is 2.06. The molecule has 3 heteroatoms. The van der Waals surface area contributed by atoms with Gasteiger partial charge in [-0.2, -0.15) is 0 Å². The van der Waals surface area contributed by atoms with E-state index in [0.717, 1.165) is 18.7 Å². The molecule has 0 radical (unpaired) electrons. The average molecular weight is 185 g/mol. The van der Waals surface area contributed by atoms with Crippen LogP contribution in [0.25, 0.3) is 0 Å². The number of hydrogen-bond donors (Lipinski definition) is 1. The van der Waals surface area contributed by atoms with Gasteiger partial charge in [-0.15, -0.1) is 11.6 Å². The second-order valence-electron chi connectivity index (χ2n) is 2.62. The summed E-state index contributed by atoms with van der Waals surface area (Å²) in [6.07, 6.45) is 4.51. The van der Waals surface area contributed by atoms with Gasteiger partial charge in [0, 0.05) is 24.6 Å². The minimum absolute atomic E-state index is 0.207. The van der Waals surface area contributed by atoms with Crippen LogP contribution < -0.4 is 5.32 Å². The number of aromatic nitrogens is 1. The molecule has 0 saturated heterocycles. The van der Waals surface area contributed by atoms with Gasteiger partial charge in [0.2, 0.25) is 0 Å². The second kappa shape index (κ2) is 4.99. The third kappa shape index (κ3) is 3.09. The maximum absolute atomic E-state index is 5.94. The first-order chi connectivity index (χ1) is 5.83. The minimum Gasteiger partial charge on any atom is -0.383 e. The number of alkyl halides is 1. The predicted octanol–water partition coefficient (Wildman–Crippen LogP) is 2.51. The van der Waals surface area contributed by atoms with Crippen molar-refractivity contribution < 1.29 is 0 Å². The molecule has 66 valence electrons. The third-order valence-electron chi connectivity index (χ3n) is 1.65. The number of pyridine rings is 1. The van der Waals surface area contributed by atoms with Gasteiger partial charge in [0.05, 0.1) is 5.38 Å². The summed E-state index contributed by atoms with van der Waals surface area (Å²) in [5.41, 5.74) is 1.07. The monoisotopic (exact) mass is 184 g/mol. The average Bonchev–Trinajstić information content (AvgIpc) is 2.16. The summed E-state index contributed by atoms with van der Waals surface area (Å²) >= 11 is 5.94. The van der Waals surface area contributed by atoms with Crippen molar-refractivity contribution in [2.45, 2.75) is 18.7 Å². The molecule has 12 heavy (non-hydrogen) atoms. The van der Waals surface area contributed by atoms with E-state index >= 15 is 0 Å². The highest BCUT2D eigenvalue weighted by atomic mass is 35.5. The summed E-state index contributed by atoms with van der Waals surface area (Å²) in [5, 5.41) is 3.43. The van der Waals surface area contributed by atoms with E-state index < -0.39 is 0 Å². The molecule has 0 aliphatic heterocycles. The minimum atomic E-state index is 0.207. The molecule has 0 bridgehead atoms. The molecule has 0 fully saturated rings. The fourth-order valence-electron chi connectivity index (χ4n) is 0.843. The molecule has 0 saturated carbocycles. The Morgan fingerprint density at radius 2 is 2.17 bits per heavy atom. The van der Waals surface area contributed by atoms with Crippen molar-refractivity contribution in [3.8, 4) is 0 Å². The van der Waals surface area contributed by atoms with E-state index in [1.165, 1.54) is 0 Å². The zero-order valence-electron chi connectivity index (χ0n) is 7.13. The number of halogens is 1. The molecule has 0 spiro atoms. The Kier molecular flexibility index (Phi) is 3.88. The molecule has 1 atom stereocenters. The van der Waals surface area contributed by atoms with Gasteiger partial charge in [-0.3, -0.25) is 4.98 Å². The number of rotatable bonds is 4. The van der Waals surface area contributed by atoms with Crippen molar-refractivity contribution in [2.75, 3.05) is 11.9 Å². The molecule has 1 N–H and O–H groups in total. The smallest absolute Gasteiger partial charge is 0.0506 e. The maximum atomic E-state index is 5.94. The van der Waals surface area contributed by atoms with Gasteiger partial charge in [0.25, 0.3) is 0 Å². The van der Waals surface area contributed by atoms with Gasteiger partial charge in [-0.25, -0.2) is 0 Å².